The molecule has 4 heterocycles. The lowest BCUT2D eigenvalue weighted by Crippen LogP contribution is -2.50. The molecule has 2 aromatic carbocycles. The van der Waals surface area contributed by atoms with E-state index >= 15 is 0 Å². The van der Waals surface area contributed by atoms with Gasteiger partial charge in [-0.3, -0.25) is 19.6 Å². The average Bonchev–Trinajstić information content (AvgIpc) is 3.44. The molecule has 4 aromatic rings. The number of anilines is 1. The van der Waals surface area contributed by atoms with E-state index in [-0.39, 0.29) is 11.8 Å². The van der Waals surface area contributed by atoms with Crippen molar-refractivity contribution in [2.75, 3.05) is 58.6 Å². The number of rotatable bonds is 6. The summed E-state index contributed by atoms with van der Waals surface area (Å²) in [6, 6.07) is 17.4. The van der Waals surface area contributed by atoms with Crippen LogP contribution in [0, 0.1) is 0 Å². The van der Waals surface area contributed by atoms with Crippen LogP contribution < -0.4 is 10.5 Å². The summed E-state index contributed by atoms with van der Waals surface area (Å²) in [5.41, 5.74) is 8.73. The molecule has 1 amide bonds. The van der Waals surface area contributed by atoms with Crippen LogP contribution in [0.5, 0.6) is 11.5 Å². The van der Waals surface area contributed by atoms with Gasteiger partial charge >= 0.3 is 0 Å². The Bertz CT molecular complexity index is 1520. The highest BCUT2D eigenvalue weighted by atomic mass is 16.5. The summed E-state index contributed by atoms with van der Waals surface area (Å²) in [4.78, 5) is 37.9. The Morgan fingerprint density at radius 1 is 0.953 bits per heavy atom. The number of hydrogen-bond donors (Lipinski definition) is 3. The maximum atomic E-state index is 12.9. The molecule has 2 saturated heterocycles. The van der Waals surface area contributed by atoms with Gasteiger partial charge in [-0.25, -0.2) is 9.97 Å². The zero-order valence-electron chi connectivity index (χ0n) is 24.6. The van der Waals surface area contributed by atoms with E-state index in [1.807, 2.05) is 59.5 Å². The number of H-pyrrole nitrogens is 1. The van der Waals surface area contributed by atoms with Gasteiger partial charge in [0.15, 0.2) is 5.65 Å². The van der Waals surface area contributed by atoms with Crippen molar-refractivity contribution in [1.82, 2.24) is 34.9 Å². The second-order valence-corrected chi connectivity index (χ2v) is 11.0. The van der Waals surface area contributed by atoms with Crippen molar-refractivity contribution in [3.05, 3.63) is 60.4 Å². The Morgan fingerprint density at radius 3 is 2.23 bits per heavy atom. The molecule has 2 fully saturated rings. The van der Waals surface area contributed by atoms with E-state index < -0.39 is 5.97 Å². The standard InChI is InChI=1S/C29H34N8O2.C2H4O2/c1-35-15-17-36(18-16-35)19-24(38)37-13-11-21(12-14-37)28-31-27(30)25-26(33-34-29(25)32-28)20-7-9-23(10-8-20)39-22-5-3-2-4-6-22;1-2(3)4/h2-10,21H,11-19H2,1H3,(H3,30,31,32,33,34);1H3,(H,3,4). The molecule has 226 valence electrons. The summed E-state index contributed by atoms with van der Waals surface area (Å²) in [5.74, 6) is 2.18. The van der Waals surface area contributed by atoms with Gasteiger partial charge in [0.2, 0.25) is 5.91 Å². The largest absolute Gasteiger partial charge is 0.481 e. The number of nitrogen functional groups attached to an aromatic ring is 1. The number of carboxylic acid groups (broad SMARTS) is 1. The third-order valence-electron chi connectivity index (χ3n) is 7.75. The highest BCUT2D eigenvalue weighted by Gasteiger charge is 2.28. The van der Waals surface area contributed by atoms with Crippen molar-refractivity contribution in [3.8, 4) is 22.8 Å². The first-order valence-corrected chi connectivity index (χ1v) is 14.5. The number of nitrogens with two attached hydrogens (primary N) is 1. The normalized spacial score (nSPS) is 16.5. The van der Waals surface area contributed by atoms with Gasteiger partial charge in [-0.2, -0.15) is 5.10 Å². The quantitative estimate of drug-likeness (QED) is 0.306. The number of nitrogens with one attached hydrogen (secondary N) is 1. The molecule has 2 aromatic heterocycles. The number of hydrogen-bond acceptors (Lipinski definition) is 9. The van der Waals surface area contributed by atoms with Crippen LogP contribution in [-0.2, 0) is 9.59 Å². The SMILES string of the molecule is CC(=O)O.CN1CCN(CC(=O)N2CCC(c3nc(N)c4c(-c5ccc(Oc6ccccc6)cc5)[nH]nc4n3)CC2)CC1. The van der Waals surface area contributed by atoms with Gasteiger partial charge in [0.1, 0.15) is 23.1 Å². The molecule has 4 N–H and O–H groups in total. The van der Waals surface area contributed by atoms with Crippen molar-refractivity contribution in [2.24, 2.45) is 0 Å². The van der Waals surface area contributed by atoms with E-state index in [1.165, 1.54) is 0 Å². The van der Waals surface area contributed by atoms with Crippen LogP contribution in [0.3, 0.4) is 0 Å². The van der Waals surface area contributed by atoms with Gasteiger partial charge in [-0.1, -0.05) is 18.2 Å². The van der Waals surface area contributed by atoms with Gasteiger partial charge in [0.05, 0.1) is 17.6 Å². The number of fused-ring (bicyclic) bond motifs is 1. The molecule has 2 aliphatic heterocycles. The maximum absolute atomic E-state index is 12.9. The number of carboxylic acids is 1. The lowest BCUT2D eigenvalue weighted by Gasteiger charge is -2.35. The molecule has 0 aliphatic carbocycles. The molecule has 0 atom stereocenters. The van der Waals surface area contributed by atoms with Gasteiger partial charge < -0.3 is 25.4 Å². The number of nitrogens with zero attached hydrogens (tertiary/aromatic N) is 6. The van der Waals surface area contributed by atoms with Crippen LogP contribution in [-0.4, -0.2) is 105 Å². The lowest BCUT2D eigenvalue weighted by molar-refractivity contribution is -0.135. The first kappa shape index (κ1) is 29.9. The number of likely N-dealkylation sites (tertiary alicyclic amines) is 1. The van der Waals surface area contributed by atoms with Crippen molar-refractivity contribution in [1.29, 1.82) is 0 Å². The molecular formula is C31H38N8O4. The Hall–Kier alpha value is -4.55. The van der Waals surface area contributed by atoms with Crippen LogP contribution in [0.1, 0.15) is 31.5 Å². The van der Waals surface area contributed by atoms with Gasteiger partial charge in [0, 0.05) is 57.7 Å². The maximum Gasteiger partial charge on any atom is 0.300 e. The molecule has 2 aliphatic rings. The number of carbonyl (C=O) groups excluding carboxylic acids is 1. The van der Waals surface area contributed by atoms with Gasteiger partial charge in [0.25, 0.3) is 5.97 Å². The molecule has 6 rings (SSSR count). The molecule has 43 heavy (non-hydrogen) atoms. The van der Waals surface area contributed by atoms with E-state index in [0.717, 1.165) is 74.1 Å². The van der Waals surface area contributed by atoms with E-state index in [9.17, 15) is 4.79 Å². The molecule has 12 nitrogen and oxygen atoms in total. The van der Waals surface area contributed by atoms with E-state index in [1.54, 1.807) is 0 Å². The number of ether oxygens (including phenoxy) is 1. The minimum atomic E-state index is -0.833. The Labute approximate surface area is 250 Å². The summed E-state index contributed by atoms with van der Waals surface area (Å²) < 4.78 is 5.91. The number of aliphatic carboxylic acids is 1. The number of amides is 1. The second-order valence-electron chi connectivity index (χ2n) is 11.0. The third kappa shape index (κ3) is 7.65. The smallest absolute Gasteiger partial charge is 0.300 e. The number of piperidine rings is 1. The molecule has 0 unspecified atom stereocenters. The van der Waals surface area contributed by atoms with Gasteiger partial charge in [-0.05, 0) is 56.3 Å². The molecule has 0 bridgehead atoms. The van der Waals surface area contributed by atoms with Crippen LogP contribution in [0.25, 0.3) is 22.3 Å². The number of benzene rings is 2. The van der Waals surface area contributed by atoms with E-state index in [4.69, 9.17) is 30.3 Å². The molecule has 0 spiro atoms. The highest BCUT2D eigenvalue weighted by Crippen LogP contribution is 2.33. The number of aromatic nitrogens is 4. The van der Waals surface area contributed by atoms with Crippen molar-refractivity contribution < 1.29 is 19.4 Å². The summed E-state index contributed by atoms with van der Waals surface area (Å²) in [7, 11) is 2.12. The predicted molar refractivity (Wildman–Crippen MR) is 164 cm³/mol. The lowest BCUT2D eigenvalue weighted by atomic mass is 9.95. The highest BCUT2D eigenvalue weighted by molar-refractivity contribution is 5.98. The molecular weight excluding hydrogens is 548 g/mol. The number of piperazine rings is 1. The third-order valence-corrected chi connectivity index (χ3v) is 7.75. The number of para-hydroxylation sites is 1. The average molecular weight is 587 g/mol. The van der Waals surface area contributed by atoms with Crippen LogP contribution in [0.2, 0.25) is 0 Å². The van der Waals surface area contributed by atoms with Crippen molar-refractivity contribution in [3.63, 3.8) is 0 Å². The molecule has 12 heteroatoms. The van der Waals surface area contributed by atoms with E-state index in [0.29, 0.717) is 36.9 Å². The fraction of sp³-hybridized carbons (Fsp3) is 0.387. The molecule has 0 saturated carbocycles. The fourth-order valence-electron chi connectivity index (χ4n) is 5.36. The minimum Gasteiger partial charge on any atom is -0.481 e. The predicted octanol–water partition coefficient (Wildman–Crippen LogP) is 3.44. The minimum absolute atomic E-state index is 0.152. The first-order valence-electron chi connectivity index (χ1n) is 14.5. The van der Waals surface area contributed by atoms with E-state index in [2.05, 4.69) is 27.0 Å². The summed E-state index contributed by atoms with van der Waals surface area (Å²) in [5, 5.41) is 15.7. The Kier molecular flexibility index (Phi) is 9.48. The topological polar surface area (TPSA) is 154 Å². The number of carbonyl (C=O) groups is 2. The summed E-state index contributed by atoms with van der Waals surface area (Å²) >= 11 is 0. The van der Waals surface area contributed by atoms with Gasteiger partial charge in [-0.15, -0.1) is 0 Å². The fourth-order valence-corrected chi connectivity index (χ4v) is 5.36. The van der Waals surface area contributed by atoms with Crippen LogP contribution in [0.4, 0.5) is 5.82 Å². The zero-order chi connectivity index (χ0) is 30.3. The van der Waals surface area contributed by atoms with Crippen LogP contribution >= 0.6 is 0 Å². The summed E-state index contributed by atoms with van der Waals surface area (Å²) in [6.45, 7) is 6.93. The number of likely N-dealkylation sites (N-methyl/N-ethyl adjacent to an activating group) is 1. The van der Waals surface area contributed by atoms with Crippen molar-refractivity contribution >= 4 is 28.7 Å². The monoisotopic (exact) mass is 586 g/mol. The Morgan fingerprint density at radius 2 is 1.58 bits per heavy atom. The van der Waals surface area contributed by atoms with Crippen molar-refractivity contribution in [2.45, 2.75) is 25.7 Å². The zero-order valence-corrected chi connectivity index (χ0v) is 24.6. The van der Waals surface area contributed by atoms with Crippen LogP contribution in [0.15, 0.2) is 54.6 Å². The summed E-state index contributed by atoms with van der Waals surface area (Å²) in [6.07, 6.45) is 1.64. The number of aromatic amines is 1. The second kappa shape index (κ2) is 13.6. The first-order chi connectivity index (χ1) is 20.8. The Balaban J connectivity index is 0.000000868. The molecule has 0 radical (unpaired) electrons.